The predicted octanol–water partition coefficient (Wildman–Crippen LogP) is 1.46. The topological polar surface area (TPSA) is 107 Å². The molecular weight excluding hydrogens is 348 g/mol. The van der Waals surface area contributed by atoms with Crippen LogP contribution in [0, 0.1) is 0 Å². The molecule has 2 aromatic rings. The molecule has 1 aromatic heterocycles. The van der Waals surface area contributed by atoms with Crippen molar-refractivity contribution in [1.29, 1.82) is 0 Å². The van der Waals surface area contributed by atoms with Crippen LogP contribution in [-0.2, 0) is 21.4 Å². The summed E-state index contributed by atoms with van der Waals surface area (Å²) in [4.78, 5) is 16.7. The second kappa shape index (κ2) is 6.38. The second-order valence-electron chi connectivity index (χ2n) is 5.88. The third-order valence-corrected chi connectivity index (χ3v) is 5.91. The number of nitrogens with zero attached hydrogens (tertiary/aromatic N) is 2. The number of carbonyl (C=O) groups is 1. The number of hydrogen-bond acceptors (Lipinski definition) is 5. The van der Waals surface area contributed by atoms with Crippen molar-refractivity contribution >= 4 is 38.7 Å². The molecule has 7 nitrogen and oxygen atoms in total. The van der Waals surface area contributed by atoms with E-state index in [9.17, 15) is 13.2 Å². The molecule has 3 N–H and O–H groups in total. The van der Waals surface area contributed by atoms with E-state index in [0.29, 0.717) is 23.3 Å². The third kappa shape index (κ3) is 3.57. The number of imidazole rings is 1. The standard InChI is InChI=1S/C15H20N4O3S2/c1-3-19-13-7-6-11(24(16,21)22)8-12(13)18-15(19)23-9(2)14(20)17-10-4-5-10/h6-10H,3-5H2,1-2H3,(H,17,20)(H2,16,21,22)/t9-/m1/s1. The Morgan fingerprint density at radius 1 is 1.50 bits per heavy atom. The first-order valence-corrected chi connectivity index (χ1v) is 10.2. The van der Waals surface area contributed by atoms with Crippen molar-refractivity contribution in [2.24, 2.45) is 5.14 Å². The summed E-state index contributed by atoms with van der Waals surface area (Å²) in [7, 11) is -3.77. The smallest absolute Gasteiger partial charge is 0.238 e. The van der Waals surface area contributed by atoms with Crippen LogP contribution in [0.3, 0.4) is 0 Å². The van der Waals surface area contributed by atoms with Gasteiger partial charge in [-0.25, -0.2) is 18.5 Å². The maximum atomic E-state index is 12.1. The van der Waals surface area contributed by atoms with Crippen molar-refractivity contribution in [3.05, 3.63) is 18.2 Å². The van der Waals surface area contributed by atoms with E-state index in [4.69, 9.17) is 5.14 Å². The summed E-state index contributed by atoms with van der Waals surface area (Å²) in [6.07, 6.45) is 2.10. The fourth-order valence-corrected chi connectivity index (χ4v) is 3.95. The fraction of sp³-hybridized carbons (Fsp3) is 0.467. The Bertz CT molecular complexity index is 888. The molecule has 1 aliphatic rings. The van der Waals surface area contributed by atoms with Crippen molar-refractivity contribution < 1.29 is 13.2 Å². The highest BCUT2D eigenvalue weighted by molar-refractivity contribution is 8.00. The molecule has 9 heteroatoms. The zero-order chi connectivity index (χ0) is 17.5. The maximum absolute atomic E-state index is 12.1. The molecule has 1 saturated carbocycles. The number of benzene rings is 1. The first kappa shape index (κ1) is 17.2. The van der Waals surface area contributed by atoms with Gasteiger partial charge in [0.2, 0.25) is 15.9 Å². The Labute approximate surface area is 145 Å². The highest BCUT2D eigenvalue weighted by atomic mass is 32.2. The number of fused-ring (bicyclic) bond motifs is 1. The summed E-state index contributed by atoms with van der Waals surface area (Å²) in [5.41, 5.74) is 1.38. The number of thioether (sulfide) groups is 1. The molecular formula is C15H20N4O3S2. The van der Waals surface area contributed by atoms with E-state index >= 15 is 0 Å². The van der Waals surface area contributed by atoms with Crippen LogP contribution in [-0.4, -0.2) is 35.2 Å². The average Bonchev–Trinajstić information content (AvgIpc) is 3.25. The highest BCUT2D eigenvalue weighted by Crippen LogP contribution is 2.29. The van der Waals surface area contributed by atoms with Crippen molar-refractivity contribution in [1.82, 2.24) is 14.9 Å². The van der Waals surface area contributed by atoms with E-state index in [1.165, 1.54) is 23.9 Å². The minimum absolute atomic E-state index is 0.00225. The van der Waals surface area contributed by atoms with E-state index in [-0.39, 0.29) is 16.1 Å². The van der Waals surface area contributed by atoms with Gasteiger partial charge in [0.1, 0.15) is 0 Å². The molecule has 0 aliphatic heterocycles. The van der Waals surface area contributed by atoms with Crippen LogP contribution in [0.4, 0.5) is 0 Å². The summed E-state index contributed by atoms with van der Waals surface area (Å²) in [5, 5.41) is 8.58. The Kier molecular flexibility index (Phi) is 4.58. The SMILES string of the molecule is CCn1c(S[C@H](C)C(=O)NC2CC2)nc2cc(S(N)(=O)=O)ccc21. The summed E-state index contributed by atoms with van der Waals surface area (Å²) >= 11 is 1.37. The number of amides is 1. The van der Waals surface area contributed by atoms with Crippen LogP contribution in [0.15, 0.2) is 28.3 Å². The quantitative estimate of drug-likeness (QED) is 0.751. The molecule has 1 fully saturated rings. The minimum Gasteiger partial charge on any atom is -0.352 e. The summed E-state index contributed by atoms with van der Waals surface area (Å²) in [6.45, 7) is 4.50. The molecule has 3 rings (SSSR count). The molecule has 130 valence electrons. The number of carbonyl (C=O) groups excluding carboxylic acids is 1. The van der Waals surface area contributed by atoms with E-state index in [1.807, 2.05) is 18.4 Å². The highest BCUT2D eigenvalue weighted by Gasteiger charge is 2.27. The molecule has 1 atom stereocenters. The van der Waals surface area contributed by atoms with Gasteiger partial charge in [-0.2, -0.15) is 0 Å². The minimum atomic E-state index is -3.77. The molecule has 0 radical (unpaired) electrons. The average molecular weight is 368 g/mol. The molecule has 0 saturated heterocycles. The van der Waals surface area contributed by atoms with Crippen LogP contribution in [0.25, 0.3) is 11.0 Å². The first-order chi connectivity index (χ1) is 11.3. The van der Waals surface area contributed by atoms with Crippen LogP contribution in [0.1, 0.15) is 26.7 Å². The lowest BCUT2D eigenvalue weighted by Gasteiger charge is -2.12. The van der Waals surface area contributed by atoms with Gasteiger partial charge in [-0.15, -0.1) is 0 Å². The number of nitrogens with two attached hydrogens (primary N) is 1. The van der Waals surface area contributed by atoms with E-state index in [2.05, 4.69) is 10.3 Å². The number of sulfonamides is 1. The molecule has 1 heterocycles. The Hall–Kier alpha value is -1.58. The van der Waals surface area contributed by atoms with Crippen molar-refractivity contribution in [2.45, 2.75) is 54.6 Å². The lowest BCUT2D eigenvalue weighted by Crippen LogP contribution is -2.32. The van der Waals surface area contributed by atoms with Gasteiger partial charge in [-0.1, -0.05) is 11.8 Å². The number of aromatic nitrogens is 2. The molecule has 1 aliphatic carbocycles. The van der Waals surface area contributed by atoms with Crippen molar-refractivity contribution in [3.63, 3.8) is 0 Å². The number of primary sulfonamides is 1. The van der Waals surface area contributed by atoms with Crippen molar-refractivity contribution in [2.75, 3.05) is 0 Å². The first-order valence-electron chi connectivity index (χ1n) is 7.79. The number of hydrogen-bond donors (Lipinski definition) is 2. The van der Waals surface area contributed by atoms with Gasteiger partial charge in [0, 0.05) is 12.6 Å². The molecule has 0 spiro atoms. The fourth-order valence-electron chi connectivity index (χ4n) is 2.42. The number of aryl methyl sites for hydroxylation is 1. The van der Waals surface area contributed by atoms with Gasteiger partial charge < -0.3 is 9.88 Å². The Morgan fingerprint density at radius 2 is 2.21 bits per heavy atom. The van der Waals surface area contributed by atoms with Gasteiger partial charge in [0.15, 0.2) is 5.16 Å². The summed E-state index contributed by atoms with van der Waals surface area (Å²) < 4.78 is 25.0. The summed E-state index contributed by atoms with van der Waals surface area (Å²) in [6, 6.07) is 4.96. The predicted molar refractivity (Wildman–Crippen MR) is 93.3 cm³/mol. The lowest BCUT2D eigenvalue weighted by atomic mass is 10.3. The largest absolute Gasteiger partial charge is 0.352 e. The summed E-state index contributed by atoms with van der Waals surface area (Å²) in [5.74, 6) is 0.00225. The van der Waals surface area contributed by atoms with Crippen LogP contribution >= 0.6 is 11.8 Å². The Balaban J connectivity index is 1.90. The second-order valence-corrected chi connectivity index (χ2v) is 8.75. The molecule has 0 bridgehead atoms. The van der Waals surface area contributed by atoms with Crippen LogP contribution in [0.5, 0.6) is 0 Å². The van der Waals surface area contributed by atoms with Gasteiger partial charge in [-0.3, -0.25) is 4.79 Å². The van der Waals surface area contributed by atoms with Gasteiger partial charge in [0.05, 0.1) is 21.2 Å². The molecule has 0 unspecified atom stereocenters. The normalized spacial score (nSPS) is 16.3. The third-order valence-electron chi connectivity index (χ3n) is 3.90. The van der Waals surface area contributed by atoms with E-state index < -0.39 is 10.0 Å². The Morgan fingerprint density at radius 3 is 2.79 bits per heavy atom. The zero-order valence-electron chi connectivity index (χ0n) is 13.5. The number of rotatable bonds is 6. The molecule has 24 heavy (non-hydrogen) atoms. The lowest BCUT2D eigenvalue weighted by molar-refractivity contribution is -0.120. The van der Waals surface area contributed by atoms with E-state index in [0.717, 1.165) is 18.4 Å². The zero-order valence-corrected chi connectivity index (χ0v) is 15.2. The number of nitrogens with one attached hydrogen (secondary N) is 1. The molecule has 1 amide bonds. The van der Waals surface area contributed by atoms with E-state index in [1.54, 1.807) is 6.07 Å². The van der Waals surface area contributed by atoms with Gasteiger partial charge in [0.25, 0.3) is 0 Å². The van der Waals surface area contributed by atoms with Gasteiger partial charge >= 0.3 is 0 Å². The van der Waals surface area contributed by atoms with Crippen LogP contribution < -0.4 is 10.5 Å². The van der Waals surface area contributed by atoms with Gasteiger partial charge in [-0.05, 0) is 44.9 Å². The molecule has 1 aromatic carbocycles. The van der Waals surface area contributed by atoms with Crippen LogP contribution in [0.2, 0.25) is 0 Å². The monoisotopic (exact) mass is 368 g/mol. The van der Waals surface area contributed by atoms with Crippen molar-refractivity contribution in [3.8, 4) is 0 Å². The maximum Gasteiger partial charge on any atom is 0.238 e.